The monoisotopic (exact) mass is 993 g/mol. The molecule has 3 N–H and O–H groups in total. The number of piperidine rings is 1. The van der Waals surface area contributed by atoms with Gasteiger partial charge in [-0.05, 0) is 83.8 Å². The molecule has 1 amide bonds. The summed E-state index contributed by atoms with van der Waals surface area (Å²) in [5, 5.41) is 22.0. The van der Waals surface area contributed by atoms with Gasteiger partial charge in [-0.3, -0.25) is 33.1 Å². The molecule has 0 bridgehead atoms. The molecule has 7 aromatic rings. The van der Waals surface area contributed by atoms with Gasteiger partial charge in [-0.1, -0.05) is 48.4 Å². The molecule has 1 unspecified atom stereocenters. The van der Waals surface area contributed by atoms with E-state index in [1.54, 1.807) is 36.4 Å². The van der Waals surface area contributed by atoms with E-state index in [1.807, 2.05) is 4.90 Å². The normalized spacial score (nSPS) is 18.7. The third-order valence-corrected chi connectivity index (χ3v) is 14.0. The van der Waals surface area contributed by atoms with Crippen LogP contribution >= 0.6 is 11.6 Å². The van der Waals surface area contributed by atoms with Gasteiger partial charge in [-0.2, -0.15) is 19.0 Å². The summed E-state index contributed by atoms with van der Waals surface area (Å²) in [7, 11) is -2.47. The van der Waals surface area contributed by atoms with Crippen molar-refractivity contribution < 1.29 is 44.7 Å². The molecule has 2 fully saturated rings. The number of hydrogen-bond donors (Lipinski definition) is 3. The van der Waals surface area contributed by atoms with E-state index in [0.717, 1.165) is 55.3 Å². The summed E-state index contributed by atoms with van der Waals surface area (Å²) in [6.07, 6.45) is -0.544. The number of halogens is 7. The molecule has 2 aliphatic carbocycles. The number of fused-ring (bicyclic) bond motifs is 5. The second-order valence-corrected chi connectivity index (χ2v) is 20.0. The molecule has 4 atom stereocenters. The van der Waals surface area contributed by atoms with E-state index in [-0.39, 0.29) is 61.7 Å². The van der Waals surface area contributed by atoms with Crippen molar-refractivity contribution in [3.8, 4) is 16.8 Å². The van der Waals surface area contributed by atoms with E-state index in [2.05, 4.69) is 20.2 Å². The number of likely N-dealkylation sites (tertiary alicyclic amines) is 1. The quantitative estimate of drug-likeness (QED) is 0.0966. The first kappa shape index (κ1) is 46.4. The number of amides is 1. The van der Waals surface area contributed by atoms with Crippen LogP contribution in [0.15, 0.2) is 77.6 Å². The maximum absolute atomic E-state index is 15.6. The molecule has 0 radical (unpaired) electrons. The van der Waals surface area contributed by atoms with Crippen LogP contribution in [0.1, 0.15) is 84.2 Å². The number of nitrogens with zero attached hydrogens (tertiary/aromatic N) is 7. The topological polar surface area (TPSA) is 169 Å². The number of nitrogens with one attached hydrogen (secondary N) is 2. The highest BCUT2D eigenvalue weighted by Gasteiger charge is 2.67. The molecule has 14 nitrogen and oxygen atoms in total. The zero-order valence-corrected chi connectivity index (χ0v) is 38.3. The molecule has 3 aromatic heterocycles. The average Bonchev–Trinajstić information content (AvgIpc) is 3.84. The van der Waals surface area contributed by atoms with Crippen LogP contribution in [0.4, 0.5) is 32.2 Å². The molecule has 1 saturated heterocycles. The Morgan fingerprint density at radius 1 is 0.957 bits per heavy atom. The highest BCUT2D eigenvalue weighted by molar-refractivity contribution is 7.92. The largest absolute Gasteiger partial charge is 0.374 e. The number of aromatic nitrogens is 6. The Labute approximate surface area is 394 Å². The van der Waals surface area contributed by atoms with Crippen LogP contribution in [0, 0.1) is 17.6 Å². The highest BCUT2D eigenvalue weighted by Crippen LogP contribution is 2.68. The third kappa shape index (κ3) is 8.52. The lowest BCUT2D eigenvalue weighted by molar-refractivity contribution is -0.123. The van der Waals surface area contributed by atoms with Gasteiger partial charge >= 0.3 is 0 Å². The number of sulfonamides is 1. The van der Waals surface area contributed by atoms with Gasteiger partial charge in [0, 0.05) is 44.1 Å². The Morgan fingerprint density at radius 3 is 2.33 bits per heavy atom. The number of carbonyl (C=O) groups excluding carboxylic acids is 1. The fraction of sp³-hybridized carbons (Fsp3) is 0.340. The standard InChI is InChI=1S/C47H42ClF6N9O5S/c1-60-40-35(13-12-32(48)38(40)43(58-60)59-69(2,67)68)63-44(56-33-19-26(10-11-29(33)46(63)66)24-6-8-25(9-7-24)45(65)61-14-4-3-5-15-61)34(18-23-16-27(49)20-28(50)17-23)55-36(64)22-62-41-37(39(57-62)42(51)52)30-21-31(30)47(41,53)54/h6-13,16-17,19-20,30-31,34,42,45,65H,3-5,14-15,18,21-22H2,1-2H3,(H,55,64)(H,58,59)/t30-,31+,34-,45?/m0/s1. The van der Waals surface area contributed by atoms with Crippen molar-refractivity contribution in [2.24, 2.45) is 13.0 Å². The van der Waals surface area contributed by atoms with Gasteiger partial charge in [0.2, 0.25) is 15.9 Å². The molecule has 0 spiro atoms. The van der Waals surface area contributed by atoms with Crippen molar-refractivity contribution in [3.63, 3.8) is 0 Å². The summed E-state index contributed by atoms with van der Waals surface area (Å²) in [4.78, 5) is 36.4. The van der Waals surface area contributed by atoms with Gasteiger partial charge in [0.05, 0.1) is 44.8 Å². The molecule has 69 heavy (non-hydrogen) atoms. The zero-order chi connectivity index (χ0) is 48.8. The maximum atomic E-state index is 15.6. The number of carbonyl (C=O) groups is 1. The lowest BCUT2D eigenvalue weighted by Crippen LogP contribution is -2.38. The third-order valence-electron chi connectivity index (χ3n) is 13.1. The van der Waals surface area contributed by atoms with Gasteiger partial charge in [-0.25, -0.2) is 31.0 Å². The molecule has 360 valence electrons. The number of aryl methyl sites for hydroxylation is 1. The van der Waals surface area contributed by atoms with Crippen LogP contribution in [0.5, 0.6) is 0 Å². The summed E-state index contributed by atoms with van der Waals surface area (Å²) < 4.78 is 120. The highest BCUT2D eigenvalue weighted by atomic mass is 35.5. The van der Waals surface area contributed by atoms with Crippen molar-refractivity contribution in [1.82, 2.24) is 39.3 Å². The van der Waals surface area contributed by atoms with Crippen molar-refractivity contribution in [1.29, 1.82) is 0 Å². The van der Waals surface area contributed by atoms with Gasteiger partial charge < -0.3 is 10.4 Å². The molecule has 10 rings (SSSR count). The van der Waals surface area contributed by atoms with Crippen LogP contribution < -0.4 is 15.6 Å². The van der Waals surface area contributed by atoms with E-state index >= 15 is 13.6 Å². The summed E-state index contributed by atoms with van der Waals surface area (Å²) in [5.41, 5.74) is -0.542. The van der Waals surface area contributed by atoms with E-state index in [9.17, 15) is 35.9 Å². The second kappa shape index (κ2) is 17.3. The maximum Gasteiger partial charge on any atom is 0.293 e. The molecular weight excluding hydrogens is 952 g/mol. The average molecular weight is 994 g/mol. The molecule has 1 saturated carbocycles. The van der Waals surface area contributed by atoms with Crippen molar-refractivity contribution in [3.05, 3.63) is 134 Å². The first-order valence-electron chi connectivity index (χ1n) is 22.0. The minimum absolute atomic E-state index is 0.00955. The van der Waals surface area contributed by atoms with Crippen LogP contribution in [0.3, 0.4) is 0 Å². The molecule has 22 heteroatoms. The minimum Gasteiger partial charge on any atom is -0.374 e. The second-order valence-electron chi connectivity index (χ2n) is 17.9. The van der Waals surface area contributed by atoms with Gasteiger partial charge in [0.15, 0.2) is 5.82 Å². The number of benzene rings is 4. The fourth-order valence-electron chi connectivity index (χ4n) is 9.98. The Kier molecular flexibility index (Phi) is 11.6. The molecule has 4 aromatic carbocycles. The minimum atomic E-state index is -3.93. The van der Waals surface area contributed by atoms with Crippen molar-refractivity contribution in [2.75, 3.05) is 24.1 Å². The summed E-state index contributed by atoms with van der Waals surface area (Å²) in [6, 6.07) is 15.9. The number of rotatable bonds is 13. The number of alkyl halides is 4. The first-order valence-corrected chi connectivity index (χ1v) is 24.3. The lowest BCUT2D eigenvalue weighted by Gasteiger charge is -2.31. The molecule has 3 aliphatic rings. The number of aliphatic hydroxyl groups is 1. The predicted octanol–water partition coefficient (Wildman–Crippen LogP) is 8.16. The van der Waals surface area contributed by atoms with Crippen LogP contribution in [-0.2, 0) is 40.8 Å². The van der Waals surface area contributed by atoms with E-state index in [4.69, 9.17) is 16.6 Å². The van der Waals surface area contributed by atoms with Crippen molar-refractivity contribution >= 4 is 55.2 Å². The van der Waals surface area contributed by atoms with E-state index in [1.165, 1.54) is 29.9 Å². The predicted molar refractivity (Wildman–Crippen MR) is 244 cm³/mol. The summed E-state index contributed by atoms with van der Waals surface area (Å²) in [5.74, 6) is -9.07. The van der Waals surface area contributed by atoms with Crippen LogP contribution in [-0.4, -0.2) is 72.8 Å². The zero-order valence-electron chi connectivity index (χ0n) is 36.7. The van der Waals surface area contributed by atoms with Gasteiger partial charge in [0.25, 0.3) is 17.9 Å². The number of aliphatic hydroxyl groups excluding tert-OH is 1. The Morgan fingerprint density at radius 2 is 1.65 bits per heavy atom. The Balaban J connectivity index is 1.14. The molecule has 4 heterocycles. The van der Waals surface area contributed by atoms with Crippen LogP contribution in [0.25, 0.3) is 38.6 Å². The Hall–Kier alpha value is -6.29. The SMILES string of the molecule is Cn1nc(NS(C)(=O)=O)c2c(Cl)ccc(-n3c([C@H](Cc4cc(F)cc(F)c4)NC(=O)Cn4nc(C(F)F)c5c4C(F)(F)[C@@H]4C[C@H]54)nc4cc(-c5ccc(C(O)N6CCCCC6)cc5)ccc4c3=O)c21. The van der Waals surface area contributed by atoms with Crippen LogP contribution in [0.2, 0.25) is 5.02 Å². The van der Waals surface area contributed by atoms with E-state index in [0.29, 0.717) is 27.4 Å². The smallest absolute Gasteiger partial charge is 0.293 e. The molecule has 1 aliphatic heterocycles. The fourth-order valence-corrected chi connectivity index (χ4v) is 10.7. The number of hydrogen-bond acceptors (Lipinski definition) is 9. The first-order chi connectivity index (χ1) is 32.8. The van der Waals surface area contributed by atoms with Crippen molar-refractivity contribution in [2.45, 2.75) is 69.2 Å². The van der Waals surface area contributed by atoms with Gasteiger partial charge in [-0.15, -0.1) is 0 Å². The summed E-state index contributed by atoms with van der Waals surface area (Å²) in [6.45, 7) is 0.532. The van der Waals surface area contributed by atoms with Gasteiger partial charge in [0.1, 0.15) is 41.6 Å². The van der Waals surface area contributed by atoms with E-state index < -0.39 is 93.9 Å². The Bertz CT molecular complexity index is 3380. The number of anilines is 1. The lowest BCUT2D eigenvalue weighted by atomic mass is 10.0. The molecular formula is C47H42ClF6N9O5S. The summed E-state index contributed by atoms with van der Waals surface area (Å²) >= 11 is 6.68.